The van der Waals surface area contributed by atoms with Crippen LogP contribution in [0.2, 0.25) is 0 Å². The van der Waals surface area contributed by atoms with Crippen LogP contribution in [0.5, 0.6) is 0 Å². The molecule has 0 atom stereocenters. The number of carbonyl (C=O) groups excluding carboxylic acids is 1. The van der Waals surface area contributed by atoms with Gasteiger partial charge in [0.15, 0.2) is 0 Å². The molecule has 1 aliphatic rings. The maximum atomic E-state index is 11.5. The van der Waals surface area contributed by atoms with Crippen molar-refractivity contribution in [3.05, 3.63) is 0 Å². The molecule has 5 nitrogen and oxygen atoms in total. The summed E-state index contributed by atoms with van der Waals surface area (Å²) in [5.74, 6) is -0.818. The standard InChI is InChI=1S/C15H27NO4/c17-14(9-5-6-10-15(18)19)16-11-12-20-13-7-3-1-2-4-8-13/h13H,1-12H2,(H,16,17)(H,18,19). The molecule has 116 valence electrons. The summed E-state index contributed by atoms with van der Waals surface area (Å²) in [5.41, 5.74) is 0. The zero-order valence-corrected chi connectivity index (χ0v) is 12.2. The van der Waals surface area contributed by atoms with Gasteiger partial charge in [0.2, 0.25) is 5.91 Å². The van der Waals surface area contributed by atoms with E-state index in [2.05, 4.69) is 5.32 Å². The van der Waals surface area contributed by atoms with Gasteiger partial charge in [0.25, 0.3) is 0 Å². The molecule has 0 radical (unpaired) electrons. The van der Waals surface area contributed by atoms with E-state index in [1.54, 1.807) is 0 Å². The van der Waals surface area contributed by atoms with Crippen LogP contribution in [0.4, 0.5) is 0 Å². The molecule has 1 rings (SSSR count). The van der Waals surface area contributed by atoms with E-state index in [1.807, 2.05) is 0 Å². The first-order valence-electron chi connectivity index (χ1n) is 7.78. The SMILES string of the molecule is O=C(O)CCCCC(=O)NCCOC1CCCCCC1. The minimum absolute atomic E-state index is 0.0140. The fourth-order valence-corrected chi connectivity index (χ4v) is 2.47. The molecule has 1 fully saturated rings. The molecule has 1 saturated carbocycles. The molecule has 0 saturated heterocycles. The number of unbranched alkanes of at least 4 members (excludes halogenated alkanes) is 1. The van der Waals surface area contributed by atoms with Gasteiger partial charge in [0, 0.05) is 19.4 Å². The van der Waals surface area contributed by atoms with Gasteiger partial charge in [-0.2, -0.15) is 0 Å². The zero-order valence-electron chi connectivity index (χ0n) is 12.2. The summed E-state index contributed by atoms with van der Waals surface area (Å²) in [6.07, 6.45) is 9.50. The van der Waals surface area contributed by atoms with Crippen molar-refractivity contribution in [1.29, 1.82) is 0 Å². The molecule has 0 aliphatic heterocycles. The average Bonchev–Trinajstić information content (AvgIpc) is 2.68. The number of carboxylic acids is 1. The number of rotatable bonds is 9. The molecule has 5 heteroatoms. The highest BCUT2D eigenvalue weighted by Crippen LogP contribution is 2.19. The van der Waals surface area contributed by atoms with Crippen LogP contribution in [0.3, 0.4) is 0 Å². The van der Waals surface area contributed by atoms with Gasteiger partial charge in [0.1, 0.15) is 0 Å². The first-order chi connectivity index (χ1) is 9.68. The van der Waals surface area contributed by atoms with Gasteiger partial charge in [-0.1, -0.05) is 25.7 Å². The molecule has 0 heterocycles. The zero-order chi connectivity index (χ0) is 14.6. The predicted octanol–water partition coefficient (Wildman–Crippen LogP) is 2.49. The second kappa shape index (κ2) is 10.7. The van der Waals surface area contributed by atoms with Crippen molar-refractivity contribution in [2.45, 2.75) is 70.3 Å². The summed E-state index contributed by atoms with van der Waals surface area (Å²) >= 11 is 0. The highest BCUT2D eigenvalue weighted by molar-refractivity contribution is 5.75. The quantitative estimate of drug-likeness (QED) is 0.504. The van der Waals surface area contributed by atoms with Gasteiger partial charge in [-0.15, -0.1) is 0 Å². The number of nitrogens with one attached hydrogen (secondary N) is 1. The van der Waals surface area contributed by atoms with Crippen molar-refractivity contribution >= 4 is 11.9 Å². The summed E-state index contributed by atoms with van der Waals surface area (Å²) in [4.78, 5) is 21.8. The average molecular weight is 285 g/mol. The third kappa shape index (κ3) is 8.91. The topological polar surface area (TPSA) is 75.6 Å². The van der Waals surface area contributed by atoms with Crippen molar-refractivity contribution < 1.29 is 19.4 Å². The molecule has 0 aromatic heterocycles. The minimum Gasteiger partial charge on any atom is -0.481 e. The number of aliphatic carboxylic acids is 1. The van der Waals surface area contributed by atoms with Crippen molar-refractivity contribution in [3.8, 4) is 0 Å². The Morgan fingerprint density at radius 2 is 1.70 bits per heavy atom. The van der Waals surface area contributed by atoms with E-state index in [0.717, 1.165) is 12.8 Å². The lowest BCUT2D eigenvalue weighted by molar-refractivity contribution is -0.137. The molecule has 0 spiro atoms. The van der Waals surface area contributed by atoms with Crippen LogP contribution in [0.25, 0.3) is 0 Å². The summed E-state index contributed by atoms with van der Waals surface area (Å²) < 4.78 is 5.78. The molecule has 1 amide bonds. The fourth-order valence-electron chi connectivity index (χ4n) is 2.47. The van der Waals surface area contributed by atoms with Gasteiger partial charge < -0.3 is 15.2 Å². The number of ether oxygens (including phenoxy) is 1. The molecule has 0 bridgehead atoms. The van der Waals surface area contributed by atoms with E-state index in [4.69, 9.17) is 9.84 Å². The highest BCUT2D eigenvalue weighted by Gasteiger charge is 2.12. The van der Waals surface area contributed by atoms with Crippen molar-refractivity contribution in [2.75, 3.05) is 13.2 Å². The second-order valence-electron chi connectivity index (χ2n) is 5.44. The fraction of sp³-hybridized carbons (Fsp3) is 0.867. The van der Waals surface area contributed by atoms with E-state index < -0.39 is 5.97 Å². The van der Waals surface area contributed by atoms with Crippen molar-refractivity contribution in [1.82, 2.24) is 5.32 Å². The lowest BCUT2D eigenvalue weighted by atomic mass is 10.1. The Hall–Kier alpha value is -1.10. The predicted molar refractivity (Wildman–Crippen MR) is 76.6 cm³/mol. The van der Waals surface area contributed by atoms with Crippen LogP contribution in [0.1, 0.15) is 64.2 Å². The number of amides is 1. The van der Waals surface area contributed by atoms with Gasteiger partial charge in [-0.05, 0) is 25.7 Å². The largest absolute Gasteiger partial charge is 0.481 e. The van der Waals surface area contributed by atoms with Gasteiger partial charge >= 0.3 is 5.97 Å². The van der Waals surface area contributed by atoms with Crippen LogP contribution >= 0.6 is 0 Å². The Morgan fingerprint density at radius 1 is 1.05 bits per heavy atom. The minimum atomic E-state index is -0.804. The van der Waals surface area contributed by atoms with Gasteiger partial charge in [0.05, 0.1) is 12.7 Å². The highest BCUT2D eigenvalue weighted by atomic mass is 16.5. The van der Waals surface area contributed by atoms with Crippen LogP contribution in [0.15, 0.2) is 0 Å². The normalized spacial score (nSPS) is 16.6. The molecule has 0 unspecified atom stereocenters. The lowest BCUT2D eigenvalue weighted by Gasteiger charge is -2.15. The number of hydrogen-bond acceptors (Lipinski definition) is 3. The van der Waals surface area contributed by atoms with E-state index in [-0.39, 0.29) is 12.3 Å². The number of carboxylic acid groups (broad SMARTS) is 1. The van der Waals surface area contributed by atoms with Gasteiger partial charge in [-0.3, -0.25) is 9.59 Å². The Kier molecular flexibility index (Phi) is 9.04. The molecule has 20 heavy (non-hydrogen) atoms. The summed E-state index contributed by atoms with van der Waals surface area (Å²) in [6, 6.07) is 0. The van der Waals surface area contributed by atoms with Crippen LogP contribution < -0.4 is 5.32 Å². The van der Waals surface area contributed by atoms with E-state index in [9.17, 15) is 9.59 Å². The second-order valence-corrected chi connectivity index (χ2v) is 5.44. The van der Waals surface area contributed by atoms with Crippen LogP contribution in [-0.4, -0.2) is 36.2 Å². The Labute approximate surface area is 121 Å². The molecule has 0 aromatic carbocycles. The third-order valence-corrected chi connectivity index (χ3v) is 3.62. The van der Waals surface area contributed by atoms with Crippen molar-refractivity contribution in [3.63, 3.8) is 0 Å². The van der Waals surface area contributed by atoms with E-state index in [0.29, 0.717) is 38.5 Å². The molecule has 2 N–H and O–H groups in total. The van der Waals surface area contributed by atoms with Gasteiger partial charge in [-0.25, -0.2) is 0 Å². The molecule has 0 aromatic rings. The van der Waals surface area contributed by atoms with Crippen LogP contribution in [0, 0.1) is 0 Å². The first-order valence-corrected chi connectivity index (χ1v) is 7.78. The summed E-state index contributed by atoms with van der Waals surface area (Å²) in [5, 5.41) is 11.3. The smallest absolute Gasteiger partial charge is 0.303 e. The number of hydrogen-bond donors (Lipinski definition) is 2. The molecular formula is C15H27NO4. The van der Waals surface area contributed by atoms with E-state index >= 15 is 0 Å². The first kappa shape index (κ1) is 17.0. The summed E-state index contributed by atoms with van der Waals surface area (Å²) in [7, 11) is 0. The molecule has 1 aliphatic carbocycles. The Balaban J connectivity index is 1.94. The Morgan fingerprint density at radius 3 is 2.35 bits per heavy atom. The maximum absolute atomic E-state index is 11.5. The van der Waals surface area contributed by atoms with Crippen LogP contribution in [-0.2, 0) is 14.3 Å². The maximum Gasteiger partial charge on any atom is 0.303 e. The Bertz CT molecular complexity index is 286. The summed E-state index contributed by atoms with van der Waals surface area (Å²) in [6.45, 7) is 1.12. The molecular weight excluding hydrogens is 258 g/mol. The van der Waals surface area contributed by atoms with E-state index in [1.165, 1.54) is 25.7 Å². The monoisotopic (exact) mass is 285 g/mol. The lowest BCUT2D eigenvalue weighted by Crippen LogP contribution is -2.28. The number of carbonyl (C=O) groups is 2. The van der Waals surface area contributed by atoms with Crippen molar-refractivity contribution in [2.24, 2.45) is 0 Å². The third-order valence-electron chi connectivity index (χ3n) is 3.62.